The minimum absolute atomic E-state index is 0. The Morgan fingerprint density at radius 3 is 2.12 bits per heavy atom. The van der Waals surface area contributed by atoms with Gasteiger partial charge in [-0.1, -0.05) is 65.5 Å². The van der Waals surface area contributed by atoms with Crippen LogP contribution < -0.4 is 0 Å². The van der Waals surface area contributed by atoms with E-state index in [1.54, 1.807) is 54.9 Å². The molecule has 0 amide bonds. The molecule has 0 unspecified atom stereocenters. The summed E-state index contributed by atoms with van der Waals surface area (Å²) in [5.41, 5.74) is 4.44. The van der Waals surface area contributed by atoms with E-state index in [9.17, 15) is 0 Å². The molecule has 0 fully saturated rings. The van der Waals surface area contributed by atoms with E-state index in [1.165, 1.54) is 6.07 Å². The van der Waals surface area contributed by atoms with Crippen molar-refractivity contribution in [3.8, 4) is 22.5 Å². The van der Waals surface area contributed by atoms with Crippen LogP contribution in [0.1, 0.15) is 16.7 Å². The van der Waals surface area contributed by atoms with Crippen molar-refractivity contribution in [2.45, 2.75) is 12.7 Å². The van der Waals surface area contributed by atoms with Gasteiger partial charge in [0.15, 0.2) is 0 Å². The first-order valence-corrected chi connectivity index (χ1v) is 12.5. The molecule has 197 valence electrons. The van der Waals surface area contributed by atoms with Crippen molar-refractivity contribution in [2.24, 2.45) is 0 Å². The Balaban J connectivity index is 0.000000248. The first-order chi connectivity index (χ1) is 20.9. The summed E-state index contributed by atoms with van der Waals surface area (Å²) in [6, 6.07) is 40.8. The van der Waals surface area contributed by atoms with Crippen LogP contribution in [0.2, 0.25) is 0 Å². The molecule has 0 bridgehead atoms. The van der Waals surface area contributed by atoms with Crippen molar-refractivity contribution in [3.63, 3.8) is 0 Å². The quantitative estimate of drug-likeness (QED) is 0.170. The number of fused-ring (bicyclic) bond motifs is 3. The van der Waals surface area contributed by atoms with E-state index >= 15 is 0 Å². The van der Waals surface area contributed by atoms with E-state index in [0.29, 0.717) is 16.8 Å². The van der Waals surface area contributed by atoms with Gasteiger partial charge in [-0.05, 0) is 54.0 Å². The fraction of sp³-hybridized carbons (Fsp3) is 0.0571. The van der Waals surface area contributed by atoms with E-state index in [0.717, 1.165) is 22.0 Å². The van der Waals surface area contributed by atoms with Crippen LogP contribution in [0.15, 0.2) is 132 Å². The first kappa shape index (κ1) is 22.4. The van der Waals surface area contributed by atoms with Crippen LogP contribution >= 0.6 is 0 Å². The molecule has 1 radical (unpaired) electrons. The second kappa shape index (κ2) is 13.1. The third-order valence-electron chi connectivity index (χ3n) is 5.98. The van der Waals surface area contributed by atoms with Gasteiger partial charge in [-0.25, -0.2) is 4.98 Å². The monoisotopic (exact) mass is 700 g/mol. The Labute approximate surface area is 252 Å². The molecule has 0 spiro atoms. The van der Waals surface area contributed by atoms with Gasteiger partial charge in [0.2, 0.25) is 5.71 Å². The average molecular weight is 700 g/mol. The molecule has 4 nitrogen and oxygen atoms in total. The van der Waals surface area contributed by atoms with Gasteiger partial charge in [-0.2, -0.15) is 0 Å². The summed E-state index contributed by atoms with van der Waals surface area (Å²) in [4.78, 5) is 13.0. The second-order valence-electron chi connectivity index (χ2n) is 8.57. The van der Waals surface area contributed by atoms with Gasteiger partial charge in [-0.3, -0.25) is 0 Å². The number of rotatable bonds is 5. The topological polar surface area (TPSA) is 51.8 Å². The first-order valence-electron chi connectivity index (χ1n) is 14.5. The van der Waals surface area contributed by atoms with Crippen molar-refractivity contribution >= 4 is 22.1 Å². The van der Waals surface area contributed by atoms with Gasteiger partial charge < -0.3 is 14.4 Å². The predicted molar refractivity (Wildman–Crippen MR) is 156 cm³/mol. The van der Waals surface area contributed by atoms with E-state index in [-0.39, 0.29) is 37.1 Å². The number of furan rings is 1. The maximum absolute atomic E-state index is 8.57. The standard InChI is InChI=1S/C24H17N2O.C11H8N.Ir/c1-2-7-17(8-3-1)12-13-18-14-15-20-19-9-6-10-21(22-11-4-5-16-25-22)23(19)27-24(20)26-18;1-2-6-10(7-3-1)11-8-4-5-9-12-11;/h1-9,11,14-16H,12-13H2;1-6,8-9H;/q2*-1;/i12D2,13D2;;. The third kappa shape index (κ3) is 6.23. The van der Waals surface area contributed by atoms with Gasteiger partial charge in [0.1, 0.15) is 0 Å². The summed E-state index contributed by atoms with van der Waals surface area (Å²) >= 11 is 0. The van der Waals surface area contributed by atoms with Crippen LogP contribution in [-0.4, -0.2) is 15.0 Å². The number of aromatic nitrogens is 3. The van der Waals surface area contributed by atoms with E-state index in [4.69, 9.17) is 9.90 Å². The Kier molecular flexibility index (Phi) is 7.32. The molecule has 0 saturated heterocycles. The van der Waals surface area contributed by atoms with Crippen LogP contribution in [0.4, 0.5) is 0 Å². The average Bonchev–Trinajstić information content (AvgIpc) is 3.45. The summed E-state index contributed by atoms with van der Waals surface area (Å²) < 4.78 is 40.1. The van der Waals surface area contributed by atoms with Gasteiger partial charge in [0, 0.05) is 49.1 Å². The van der Waals surface area contributed by atoms with Crippen molar-refractivity contribution in [3.05, 3.63) is 151 Å². The molecular weight excluding hydrogens is 671 g/mol. The molecule has 3 aromatic carbocycles. The van der Waals surface area contributed by atoms with Gasteiger partial charge in [-0.15, -0.1) is 54.1 Å². The van der Waals surface area contributed by atoms with E-state index in [1.807, 2.05) is 66.7 Å². The summed E-state index contributed by atoms with van der Waals surface area (Å²) in [6.45, 7) is 0. The molecule has 40 heavy (non-hydrogen) atoms. The van der Waals surface area contributed by atoms with Gasteiger partial charge >= 0.3 is 0 Å². The molecule has 4 aromatic heterocycles. The van der Waals surface area contributed by atoms with Crippen molar-refractivity contribution < 1.29 is 30.0 Å². The van der Waals surface area contributed by atoms with Gasteiger partial charge in [0.05, 0.1) is 5.58 Å². The summed E-state index contributed by atoms with van der Waals surface area (Å²) in [7, 11) is 0. The van der Waals surface area contributed by atoms with Crippen LogP contribution in [-0.2, 0) is 32.9 Å². The molecule has 0 saturated carbocycles. The molecule has 0 aliphatic rings. The van der Waals surface area contributed by atoms with Crippen LogP contribution in [0, 0.1) is 12.1 Å². The zero-order valence-corrected chi connectivity index (χ0v) is 23.6. The molecular formula is C35H25IrN3O-2. The number of nitrogens with zero attached hydrogens (tertiary/aromatic N) is 3. The third-order valence-corrected chi connectivity index (χ3v) is 5.98. The summed E-state index contributed by atoms with van der Waals surface area (Å²) in [5, 5.41) is 1.54. The Morgan fingerprint density at radius 2 is 1.40 bits per heavy atom. The predicted octanol–water partition coefficient (Wildman–Crippen LogP) is 8.17. The molecule has 4 heterocycles. The maximum atomic E-state index is 8.57. The van der Waals surface area contributed by atoms with Gasteiger partial charge in [0.25, 0.3) is 0 Å². The Bertz CT molecular complexity index is 1930. The Hall–Kier alpha value is -4.44. The minimum atomic E-state index is -2.38. The SMILES string of the molecule is [2H]C([2H])(c1ccccc1)C([2H])([2H])c1ccc2c(n1)oc1c(-c3ccccn3)[c-]ccc12.[Ir].[c-]1ccccc1-c1ccccn1. The van der Waals surface area contributed by atoms with Crippen molar-refractivity contribution in [1.29, 1.82) is 0 Å². The summed E-state index contributed by atoms with van der Waals surface area (Å²) in [5.74, 6) is 0. The van der Waals surface area contributed by atoms with Crippen molar-refractivity contribution in [1.82, 2.24) is 15.0 Å². The minimum Gasteiger partial charge on any atom is -0.486 e. The molecule has 7 aromatic rings. The van der Waals surface area contributed by atoms with Crippen LogP contribution in [0.3, 0.4) is 0 Å². The number of hydrogen-bond donors (Lipinski definition) is 0. The molecule has 0 atom stereocenters. The molecule has 7 rings (SSSR count). The molecule has 0 aliphatic carbocycles. The Morgan fingerprint density at radius 1 is 0.650 bits per heavy atom. The smallest absolute Gasteiger partial charge is 0.216 e. The molecule has 0 N–H and O–H groups in total. The number of pyridine rings is 3. The number of benzene rings is 3. The van der Waals surface area contributed by atoms with Crippen LogP contribution in [0.25, 0.3) is 44.6 Å². The number of aryl methyl sites for hydroxylation is 2. The van der Waals surface area contributed by atoms with Crippen LogP contribution in [0.5, 0.6) is 0 Å². The normalized spacial score (nSPS) is 12.7. The number of hydrogen-bond acceptors (Lipinski definition) is 4. The molecule has 5 heteroatoms. The summed E-state index contributed by atoms with van der Waals surface area (Å²) in [6.07, 6.45) is -1.18. The van der Waals surface area contributed by atoms with E-state index in [2.05, 4.69) is 27.1 Å². The second-order valence-corrected chi connectivity index (χ2v) is 8.57. The zero-order chi connectivity index (χ0) is 29.9. The fourth-order valence-electron chi connectivity index (χ4n) is 4.13. The maximum Gasteiger partial charge on any atom is 0.216 e. The largest absolute Gasteiger partial charge is 0.486 e. The molecule has 0 aliphatic heterocycles. The van der Waals surface area contributed by atoms with E-state index < -0.39 is 12.7 Å². The fourth-order valence-corrected chi connectivity index (χ4v) is 4.13. The zero-order valence-electron chi connectivity index (χ0n) is 25.2. The van der Waals surface area contributed by atoms with Crippen molar-refractivity contribution in [2.75, 3.05) is 0 Å².